The van der Waals surface area contributed by atoms with E-state index in [9.17, 15) is 14.4 Å². The highest BCUT2D eigenvalue weighted by atomic mass is 32.2. The second-order valence-corrected chi connectivity index (χ2v) is 9.54. The average molecular weight is 444 g/mol. The van der Waals surface area contributed by atoms with Crippen LogP contribution in [0.5, 0.6) is 5.75 Å². The van der Waals surface area contributed by atoms with Crippen molar-refractivity contribution < 1.29 is 23.9 Å². The van der Waals surface area contributed by atoms with Crippen LogP contribution < -0.4 is 4.74 Å². The van der Waals surface area contributed by atoms with Crippen molar-refractivity contribution in [3.8, 4) is 5.75 Å². The van der Waals surface area contributed by atoms with Gasteiger partial charge in [-0.3, -0.25) is 14.5 Å². The van der Waals surface area contributed by atoms with Crippen molar-refractivity contribution in [1.29, 1.82) is 0 Å². The van der Waals surface area contributed by atoms with Crippen molar-refractivity contribution >= 4 is 41.3 Å². The van der Waals surface area contributed by atoms with E-state index in [1.807, 2.05) is 47.8 Å². The van der Waals surface area contributed by atoms with Crippen molar-refractivity contribution in [2.75, 3.05) is 31.3 Å². The van der Waals surface area contributed by atoms with Crippen LogP contribution in [0, 0.1) is 0 Å². The number of hydrogen-bond donors (Lipinski definition) is 0. The summed E-state index contributed by atoms with van der Waals surface area (Å²) in [6.07, 6.45) is 1.25. The number of fused-ring (bicyclic) bond motifs is 1. The Morgan fingerprint density at radius 2 is 1.60 bits per heavy atom. The molecule has 8 heteroatoms. The number of rotatable bonds is 7. The van der Waals surface area contributed by atoms with Gasteiger partial charge in [-0.05, 0) is 47.8 Å². The van der Waals surface area contributed by atoms with Gasteiger partial charge in [0.2, 0.25) is 0 Å². The number of amides is 2. The van der Waals surface area contributed by atoms with Crippen molar-refractivity contribution in [2.45, 2.75) is 11.0 Å². The van der Waals surface area contributed by atoms with Crippen molar-refractivity contribution in [3.05, 3.63) is 65.2 Å². The minimum Gasteiger partial charge on any atom is -0.482 e. The highest BCUT2D eigenvalue weighted by Gasteiger charge is 2.34. The molecule has 2 aromatic rings. The Morgan fingerprint density at radius 1 is 0.967 bits per heavy atom. The summed E-state index contributed by atoms with van der Waals surface area (Å²) in [4.78, 5) is 37.6. The van der Waals surface area contributed by atoms with E-state index >= 15 is 0 Å². The minimum absolute atomic E-state index is 0.0174. The maximum absolute atomic E-state index is 12.3. The Morgan fingerprint density at radius 3 is 2.23 bits per heavy atom. The summed E-state index contributed by atoms with van der Waals surface area (Å²) in [6, 6.07) is 14.4. The second-order valence-electron chi connectivity index (χ2n) is 6.81. The van der Waals surface area contributed by atoms with Gasteiger partial charge in [0, 0.05) is 0 Å². The van der Waals surface area contributed by atoms with Crippen LogP contribution in [0.25, 0.3) is 0 Å². The van der Waals surface area contributed by atoms with Gasteiger partial charge >= 0.3 is 5.97 Å². The van der Waals surface area contributed by atoms with Gasteiger partial charge in [0.1, 0.15) is 12.4 Å². The first-order valence-corrected chi connectivity index (χ1v) is 11.8. The van der Waals surface area contributed by atoms with Crippen LogP contribution in [0.4, 0.5) is 0 Å². The van der Waals surface area contributed by atoms with Gasteiger partial charge in [0.05, 0.1) is 22.3 Å². The molecule has 2 aliphatic heterocycles. The number of ether oxygens (including phenoxy) is 2. The quantitative estimate of drug-likeness (QED) is 0.476. The van der Waals surface area contributed by atoms with E-state index in [0.717, 1.165) is 4.90 Å². The lowest BCUT2D eigenvalue weighted by molar-refractivity contribution is -0.146. The first kappa shape index (κ1) is 20.8. The van der Waals surface area contributed by atoms with Gasteiger partial charge in [-0.25, -0.2) is 4.79 Å². The minimum atomic E-state index is -0.547. The molecular weight excluding hydrogens is 422 g/mol. The fraction of sp³-hybridized carbons (Fsp3) is 0.318. The third-order valence-corrected chi connectivity index (χ3v) is 7.81. The van der Waals surface area contributed by atoms with Crippen LogP contribution >= 0.6 is 23.5 Å². The number of carbonyl (C=O) groups excluding carboxylic acids is 3. The molecule has 2 amide bonds. The zero-order chi connectivity index (χ0) is 20.9. The molecule has 0 saturated carbocycles. The molecule has 0 aliphatic carbocycles. The van der Waals surface area contributed by atoms with Gasteiger partial charge in [-0.1, -0.05) is 24.3 Å². The Labute approximate surface area is 183 Å². The topological polar surface area (TPSA) is 72.9 Å². The maximum Gasteiger partial charge on any atom is 0.344 e. The largest absolute Gasteiger partial charge is 0.482 e. The van der Waals surface area contributed by atoms with Crippen molar-refractivity contribution in [3.63, 3.8) is 0 Å². The van der Waals surface area contributed by atoms with Crippen LogP contribution in [-0.2, 0) is 9.53 Å². The molecule has 0 bridgehead atoms. The smallest absolute Gasteiger partial charge is 0.344 e. The molecule has 4 rings (SSSR count). The van der Waals surface area contributed by atoms with Crippen LogP contribution in [0.15, 0.2) is 48.5 Å². The zero-order valence-corrected chi connectivity index (χ0v) is 17.9. The highest BCUT2D eigenvalue weighted by Crippen LogP contribution is 2.43. The van der Waals surface area contributed by atoms with Crippen LogP contribution in [0.2, 0.25) is 0 Å². The third kappa shape index (κ3) is 4.65. The number of nitrogens with zero attached hydrogens (tertiary/aromatic N) is 1. The van der Waals surface area contributed by atoms with Crippen LogP contribution in [-0.4, -0.2) is 53.9 Å². The molecule has 2 aliphatic rings. The van der Waals surface area contributed by atoms with E-state index in [0.29, 0.717) is 21.5 Å². The zero-order valence-electron chi connectivity index (χ0n) is 16.2. The lowest BCUT2D eigenvalue weighted by Crippen LogP contribution is -2.33. The summed E-state index contributed by atoms with van der Waals surface area (Å²) < 4.78 is 11.1. The molecule has 1 fully saturated rings. The van der Waals surface area contributed by atoms with Crippen LogP contribution in [0.1, 0.15) is 37.3 Å². The molecule has 0 unspecified atom stereocenters. The van der Waals surface area contributed by atoms with E-state index in [-0.39, 0.29) is 31.6 Å². The normalized spacial score (nSPS) is 16.5. The SMILES string of the molecule is O=C(COc1ccc(C2SCCCS2)cc1)OCCN1C(=O)c2ccccc2C1=O. The molecule has 0 radical (unpaired) electrons. The molecule has 156 valence electrons. The number of imide groups is 1. The molecule has 0 spiro atoms. The summed E-state index contributed by atoms with van der Waals surface area (Å²) in [5.41, 5.74) is 2.01. The molecular formula is C22H21NO5S2. The Balaban J connectivity index is 1.20. The van der Waals surface area contributed by atoms with Gasteiger partial charge in [0.25, 0.3) is 11.8 Å². The van der Waals surface area contributed by atoms with E-state index in [4.69, 9.17) is 9.47 Å². The molecule has 0 N–H and O–H groups in total. The summed E-state index contributed by atoms with van der Waals surface area (Å²) in [5, 5.41) is 0. The van der Waals surface area contributed by atoms with Gasteiger partial charge in [-0.15, -0.1) is 23.5 Å². The molecule has 30 heavy (non-hydrogen) atoms. The fourth-order valence-corrected chi connectivity index (χ4v) is 6.17. The number of hydrogen-bond acceptors (Lipinski definition) is 7. The van der Waals surface area contributed by atoms with Crippen LogP contribution in [0.3, 0.4) is 0 Å². The highest BCUT2D eigenvalue weighted by molar-refractivity contribution is 8.16. The number of benzene rings is 2. The predicted molar refractivity (Wildman–Crippen MR) is 117 cm³/mol. The second kappa shape index (κ2) is 9.57. The van der Waals surface area contributed by atoms with E-state index in [1.165, 1.54) is 23.5 Å². The standard InChI is InChI=1S/C22H21NO5S2/c24-19(14-28-16-8-6-15(7-9-16)22-29-12-3-13-30-22)27-11-10-23-20(25)17-4-1-2-5-18(17)21(23)26/h1-2,4-9,22H,3,10-14H2. The fourth-order valence-electron chi connectivity index (χ4n) is 3.28. The molecule has 2 aromatic carbocycles. The third-order valence-electron chi connectivity index (χ3n) is 4.79. The predicted octanol–water partition coefficient (Wildman–Crippen LogP) is 3.77. The number of esters is 1. The van der Waals surface area contributed by atoms with Gasteiger partial charge < -0.3 is 9.47 Å². The first-order valence-electron chi connectivity index (χ1n) is 9.70. The summed E-state index contributed by atoms with van der Waals surface area (Å²) in [5.74, 6) is 1.69. The van der Waals surface area contributed by atoms with Gasteiger partial charge in [0.15, 0.2) is 6.61 Å². The van der Waals surface area contributed by atoms with E-state index in [1.54, 1.807) is 24.3 Å². The lowest BCUT2D eigenvalue weighted by atomic mass is 10.1. The molecule has 1 saturated heterocycles. The summed E-state index contributed by atoms with van der Waals surface area (Å²) in [6.45, 7) is -0.277. The Bertz CT molecular complexity index is 906. The maximum atomic E-state index is 12.3. The Hall–Kier alpha value is -2.45. The monoisotopic (exact) mass is 443 g/mol. The number of carbonyl (C=O) groups is 3. The summed E-state index contributed by atoms with van der Waals surface area (Å²) >= 11 is 3.90. The molecule has 0 aromatic heterocycles. The Kier molecular flexibility index (Phi) is 6.64. The van der Waals surface area contributed by atoms with Crippen molar-refractivity contribution in [1.82, 2.24) is 4.90 Å². The van der Waals surface area contributed by atoms with E-state index in [2.05, 4.69) is 0 Å². The van der Waals surface area contributed by atoms with Crippen molar-refractivity contribution in [2.24, 2.45) is 0 Å². The molecule has 0 atom stereocenters. The molecule has 6 nitrogen and oxygen atoms in total. The lowest BCUT2D eigenvalue weighted by Gasteiger charge is -2.21. The van der Waals surface area contributed by atoms with Gasteiger partial charge in [-0.2, -0.15) is 0 Å². The van der Waals surface area contributed by atoms with E-state index < -0.39 is 5.97 Å². The summed E-state index contributed by atoms with van der Waals surface area (Å²) in [7, 11) is 0. The first-order chi connectivity index (χ1) is 14.6. The number of thioether (sulfide) groups is 2. The average Bonchev–Trinajstić information content (AvgIpc) is 3.04. The molecule has 2 heterocycles.